The zero-order valence-electron chi connectivity index (χ0n) is 12.1. The summed E-state index contributed by atoms with van der Waals surface area (Å²) in [7, 11) is 0. The Kier molecular flexibility index (Phi) is 4.13. The minimum absolute atomic E-state index is 0.399. The van der Waals surface area contributed by atoms with E-state index in [1.54, 1.807) is 0 Å². The molecule has 106 valence electrons. The molecule has 0 aliphatic carbocycles. The molecule has 4 nitrogen and oxygen atoms in total. The van der Waals surface area contributed by atoms with E-state index in [1.165, 1.54) is 0 Å². The molecule has 0 atom stereocenters. The van der Waals surface area contributed by atoms with Crippen molar-refractivity contribution in [3.8, 4) is 11.1 Å². The molecule has 0 bridgehead atoms. The number of amides is 1. The second-order valence-corrected chi connectivity index (χ2v) is 5.66. The summed E-state index contributed by atoms with van der Waals surface area (Å²) in [6.45, 7) is 5.99. The van der Waals surface area contributed by atoms with Crippen molar-refractivity contribution in [2.24, 2.45) is 0 Å². The van der Waals surface area contributed by atoms with Crippen LogP contribution >= 0.6 is 0 Å². The van der Waals surface area contributed by atoms with Gasteiger partial charge in [-0.25, -0.2) is 4.79 Å². The molecule has 20 heavy (non-hydrogen) atoms. The van der Waals surface area contributed by atoms with Crippen LogP contribution in [-0.2, 0) is 11.3 Å². The zero-order valence-corrected chi connectivity index (χ0v) is 12.1. The Balaban J connectivity index is 1.97. The van der Waals surface area contributed by atoms with Crippen molar-refractivity contribution in [1.82, 2.24) is 10.3 Å². The molecule has 0 aliphatic rings. The van der Waals surface area contributed by atoms with E-state index in [0.29, 0.717) is 6.54 Å². The Morgan fingerprint density at radius 1 is 1.25 bits per heavy atom. The number of ether oxygens (including phenoxy) is 1. The summed E-state index contributed by atoms with van der Waals surface area (Å²) < 4.78 is 5.21. The van der Waals surface area contributed by atoms with E-state index in [4.69, 9.17) is 4.74 Å². The fourth-order valence-corrected chi connectivity index (χ4v) is 1.85. The van der Waals surface area contributed by atoms with Gasteiger partial charge in [0, 0.05) is 18.9 Å². The van der Waals surface area contributed by atoms with Crippen LogP contribution in [0.5, 0.6) is 0 Å². The molecule has 0 saturated carbocycles. The van der Waals surface area contributed by atoms with Gasteiger partial charge in [0.2, 0.25) is 0 Å². The lowest BCUT2D eigenvalue weighted by molar-refractivity contribution is 0.0523. The fourth-order valence-electron chi connectivity index (χ4n) is 1.85. The van der Waals surface area contributed by atoms with E-state index in [2.05, 4.69) is 16.4 Å². The molecule has 1 aromatic heterocycles. The van der Waals surface area contributed by atoms with E-state index >= 15 is 0 Å². The van der Waals surface area contributed by atoms with E-state index in [0.717, 1.165) is 16.7 Å². The quantitative estimate of drug-likeness (QED) is 0.895. The van der Waals surface area contributed by atoms with Crippen molar-refractivity contribution in [3.05, 3.63) is 48.3 Å². The molecule has 0 spiro atoms. The van der Waals surface area contributed by atoms with Crippen molar-refractivity contribution in [2.45, 2.75) is 32.9 Å². The Hall–Kier alpha value is -2.23. The number of benzene rings is 1. The monoisotopic (exact) mass is 272 g/mol. The lowest BCUT2D eigenvalue weighted by Crippen LogP contribution is -2.32. The van der Waals surface area contributed by atoms with Crippen LogP contribution in [0.4, 0.5) is 4.79 Å². The minimum Gasteiger partial charge on any atom is -0.444 e. The van der Waals surface area contributed by atoms with Crippen molar-refractivity contribution in [2.75, 3.05) is 0 Å². The summed E-state index contributed by atoms with van der Waals surface area (Å²) in [4.78, 5) is 14.6. The van der Waals surface area contributed by atoms with Gasteiger partial charge in [-0.3, -0.25) is 0 Å². The number of carbonyl (C=O) groups is 1. The van der Waals surface area contributed by atoms with E-state index < -0.39 is 11.7 Å². The molecular weight excluding hydrogens is 252 g/mol. The highest BCUT2D eigenvalue weighted by Crippen LogP contribution is 2.19. The Morgan fingerprint density at radius 2 is 2.05 bits per heavy atom. The van der Waals surface area contributed by atoms with Crippen LogP contribution < -0.4 is 5.32 Å². The third-order valence-corrected chi connectivity index (χ3v) is 2.69. The molecule has 0 fully saturated rings. The van der Waals surface area contributed by atoms with Gasteiger partial charge in [-0.05, 0) is 49.6 Å². The zero-order chi connectivity index (χ0) is 14.6. The first-order valence-electron chi connectivity index (χ1n) is 6.63. The largest absolute Gasteiger partial charge is 0.444 e. The number of alkyl carbamates (subject to hydrolysis) is 1. The lowest BCUT2D eigenvalue weighted by atomic mass is 10.1. The van der Waals surface area contributed by atoms with Crippen LogP contribution in [0.15, 0.2) is 42.7 Å². The van der Waals surface area contributed by atoms with Crippen molar-refractivity contribution in [1.29, 1.82) is 0 Å². The fraction of sp³-hybridized carbons (Fsp3) is 0.312. The van der Waals surface area contributed by atoms with Gasteiger partial charge in [-0.2, -0.15) is 0 Å². The predicted molar refractivity (Wildman–Crippen MR) is 79.3 cm³/mol. The average Bonchev–Trinajstić information content (AvgIpc) is 2.88. The first-order valence-corrected chi connectivity index (χ1v) is 6.63. The molecule has 2 aromatic rings. The average molecular weight is 272 g/mol. The topological polar surface area (TPSA) is 54.1 Å². The van der Waals surface area contributed by atoms with Gasteiger partial charge < -0.3 is 15.0 Å². The predicted octanol–water partition coefficient (Wildman–Crippen LogP) is 3.71. The minimum atomic E-state index is -0.475. The van der Waals surface area contributed by atoms with Gasteiger partial charge in [-0.1, -0.05) is 18.2 Å². The van der Waals surface area contributed by atoms with Crippen molar-refractivity contribution < 1.29 is 9.53 Å². The molecular formula is C16H20N2O2. The van der Waals surface area contributed by atoms with Crippen molar-refractivity contribution >= 4 is 6.09 Å². The normalized spacial score (nSPS) is 11.2. The summed E-state index contributed by atoms with van der Waals surface area (Å²) in [6.07, 6.45) is 3.44. The third kappa shape index (κ3) is 4.16. The number of carbonyl (C=O) groups excluding carboxylic acids is 1. The molecule has 0 saturated heterocycles. The molecule has 1 heterocycles. The van der Waals surface area contributed by atoms with E-state index in [9.17, 15) is 4.79 Å². The van der Waals surface area contributed by atoms with Crippen LogP contribution in [0.3, 0.4) is 0 Å². The van der Waals surface area contributed by atoms with Gasteiger partial charge in [0.15, 0.2) is 0 Å². The molecule has 0 aliphatic heterocycles. The highest BCUT2D eigenvalue weighted by Gasteiger charge is 2.15. The maximum Gasteiger partial charge on any atom is 0.407 e. The van der Waals surface area contributed by atoms with Gasteiger partial charge in [0.25, 0.3) is 0 Å². The molecule has 1 amide bonds. The molecule has 2 N–H and O–H groups in total. The Labute approximate surface area is 119 Å². The number of rotatable bonds is 3. The number of hydrogen-bond donors (Lipinski definition) is 2. The van der Waals surface area contributed by atoms with Crippen LogP contribution in [0.1, 0.15) is 26.3 Å². The second-order valence-electron chi connectivity index (χ2n) is 5.66. The maximum absolute atomic E-state index is 11.6. The molecule has 1 aromatic carbocycles. The Morgan fingerprint density at radius 3 is 2.70 bits per heavy atom. The third-order valence-electron chi connectivity index (χ3n) is 2.69. The van der Waals surface area contributed by atoms with Crippen LogP contribution in [0.2, 0.25) is 0 Å². The van der Waals surface area contributed by atoms with Gasteiger partial charge in [0.05, 0.1) is 0 Å². The first-order chi connectivity index (χ1) is 9.44. The number of H-pyrrole nitrogens is 1. The van der Waals surface area contributed by atoms with Crippen LogP contribution in [0.25, 0.3) is 11.1 Å². The summed E-state index contributed by atoms with van der Waals surface area (Å²) in [6, 6.07) is 10.1. The van der Waals surface area contributed by atoms with E-state index in [1.807, 2.05) is 57.4 Å². The smallest absolute Gasteiger partial charge is 0.407 e. The molecule has 2 rings (SSSR count). The summed E-state index contributed by atoms with van der Waals surface area (Å²) >= 11 is 0. The number of aromatic nitrogens is 1. The Bertz CT molecular complexity index is 568. The van der Waals surface area contributed by atoms with E-state index in [-0.39, 0.29) is 0 Å². The highest BCUT2D eigenvalue weighted by atomic mass is 16.6. The van der Waals surface area contributed by atoms with Gasteiger partial charge in [0.1, 0.15) is 5.60 Å². The van der Waals surface area contributed by atoms with Crippen LogP contribution in [0, 0.1) is 0 Å². The molecule has 0 unspecified atom stereocenters. The van der Waals surface area contributed by atoms with Gasteiger partial charge in [-0.15, -0.1) is 0 Å². The summed E-state index contributed by atoms with van der Waals surface area (Å²) in [5.41, 5.74) is 2.81. The standard InChI is InChI=1S/C16H20N2O2/c1-16(2,3)20-15(19)18-10-12-5-4-6-13(9-12)14-7-8-17-11-14/h4-9,11,17H,10H2,1-3H3,(H,18,19). The lowest BCUT2D eigenvalue weighted by Gasteiger charge is -2.19. The molecule has 0 radical (unpaired) electrons. The summed E-state index contributed by atoms with van der Waals surface area (Å²) in [5, 5.41) is 2.76. The maximum atomic E-state index is 11.6. The van der Waals surface area contributed by atoms with Gasteiger partial charge >= 0.3 is 6.09 Å². The second kappa shape index (κ2) is 5.82. The first kappa shape index (κ1) is 14.2. The van der Waals surface area contributed by atoms with Crippen LogP contribution in [-0.4, -0.2) is 16.7 Å². The highest BCUT2D eigenvalue weighted by molar-refractivity contribution is 5.68. The number of nitrogens with one attached hydrogen (secondary N) is 2. The molecule has 4 heteroatoms. The number of aromatic amines is 1. The summed E-state index contributed by atoms with van der Waals surface area (Å²) in [5.74, 6) is 0. The number of hydrogen-bond acceptors (Lipinski definition) is 2. The SMILES string of the molecule is CC(C)(C)OC(=O)NCc1cccc(-c2cc[nH]c2)c1. The van der Waals surface area contributed by atoms with Crippen molar-refractivity contribution in [3.63, 3.8) is 0 Å².